The van der Waals surface area contributed by atoms with Crippen LogP contribution in [0.1, 0.15) is 5.56 Å². The fraction of sp³-hybridized carbons (Fsp3) is 0.333. The van der Waals surface area contributed by atoms with E-state index >= 15 is 0 Å². The highest BCUT2D eigenvalue weighted by atomic mass is 16.5. The van der Waals surface area contributed by atoms with Crippen LogP contribution < -0.4 is 16.4 Å². The summed E-state index contributed by atoms with van der Waals surface area (Å²) >= 11 is 0. The molecule has 0 radical (unpaired) electrons. The number of aryl methyl sites for hydroxylation is 1. The zero-order valence-corrected chi connectivity index (χ0v) is 16.1. The lowest BCUT2D eigenvalue weighted by Gasteiger charge is -2.08. The quantitative estimate of drug-likeness (QED) is 0.511. The van der Waals surface area contributed by atoms with Crippen LogP contribution in [0.25, 0.3) is 11.1 Å². The summed E-state index contributed by atoms with van der Waals surface area (Å²) in [4.78, 5) is 23.2. The maximum Gasteiger partial charge on any atom is 0.250 e. The van der Waals surface area contributed by atoms with Gasteiger partial charge >= 0.3 is 0 Å². The zero-order chi connectivity index (χ0) is 20.2. The molecule has 0 saturated carbocycles. The van der Waals surface area contributed by atoms with Crippen LogP contribution in [-0.2, 0) is 19.1 Å². The molecule has 2 rings (SSSR count). The summed E-state index contributed by atoms with van der Waals surface area (Å²) in [6.45, 7) is 3.18. The molecule has 4 N–H and O–H groups in total. The minimum atomic E-state index is -0.247. The summed E-state index contributed by atoms with van der Waals surface area (Å²) in [7, 11) is 0. The van der Waals surface area contributed by atoms with Crippen LogP contribution in [0.4, 0.5) is 5.69 Å². The molecule has 0 aromatic heterocycles. The van der Waals surface area contributed by atoms with Crippen molar-refractivity contribution >= 4 is 17.5 Å². The van der Waals surface area contributed by atoms with Crippen molar-refractivity contribution in [2.75, 3.05) is 44.8 Å². The second kappa shape index (κ2) is 11.9. The van der Waals surface area contributed by atoms with Crippen molar-refractivity contribution in [3.8, 4) is 11.1 Å². The second-order valence-corrected chi connectivity index (χ2v) is 6.24. The Morgan fingerprint density at radius 1 is 0.857 bits per heavy atom. The number of benzene rings is 2. The molecule has 0 spiro atoms. The number of carbonyl (C=O) groups excluding carboxylic acids is 2. The predicted octanol–water partition coefficient (Wildman–Crippen LogP) is 1.71. The predicted molar refractivity (Wildman–Crippen MR) is 109 cm³/mol. The number of ether oxygens (including phenoxy) is 2. The Labute approximate surface area is 165 Å². The van der Waals surface area contributed by atoms with E-state index in [0.717, 1.165) is 11.1 Å². The van der Waals surface area contributed by atoms with Crippen molar-refractivity contribution in [1.29, 1.82) is 0 Å². The van der Waals surface area contributed by atoms with Crippen molar-refractivity contribution in [2.24, 2.45) is 5.73 Å². The fourth-order valence-corrected chi connectivity index (χ4v) is 2.40. The zero-order valence-electron chi connectivity index (χ0n) is 16.1. The van der Waals surface area contributed by atoms with Crippen LogP contribution in [0.3, 0.4) is 0 Å². The van der Waals surface area contributed by atoms with Crippen LogP contribution in [0.15, 0.2) is 48.5 Å². The monoisotopic (exact) mass is 385 g/mol. The van der Waals surface area contributed by atoms with Gasteiger partial charge in [0.15, 0.2) is 0 Å². The van der Waals surface area contributed by atoms with Gasteiger partial charge in [0, 0.05) is 18.8 Å². The summed E-state index contributed by atoms with van der Waals surface area (Å²) in [6, 6.07) is 15.9. The Kier molecular flexibility index (Phi) is 9.14. The number of hydrogen-bond acceptors (Lipinski definition) is 5. The van der Waals surface area contributed by atoms with Crippen LogP contribution in [0.2, 0.25) is 0 Å². The first-order chi connectivity index (χ1) is 13.6. The minimum absolute atomic E-state index is 0.0527. The van der Waals surface area contributed by atoms with E-state index in [4.69, 9.17) is 15.2 Å². The molecule has 2 amide bonds. The van der Waals surface area contributed by atoms with E-state index in [2.05, 4.69) is 41.8 Å². The number of nitrogens with one attached hydrogen (secondary N) is 2. The van der Waals surface area contributed by atoms with Crippen molar-refractivity contribution in [3.05, 3.63) is 54.1 Å². The van der Waals surface area contributed by atoms with Crippen LogP contribution >= 0.6 is 0 Å². The van der Waals surface area contributed by atoms with Crippen molar-refractivity contribution < 1.29 is 19.1 Å². The highest BCUT2D eigenvalue weighted by Crippen LogP contribution is 2.21. The Morgan fingerprint density at radius 3 is 1.96 bits per heavy atom. The summed E-state index contributed by atoms with van der Waals surface area (Å²) in [6.07, 6.45) is 0. The Morgan fingerprint density at radius 2 is 1.39 bits per heavy atom. The largest absolute Gasteiger partial charge is 0.369 e. The van der Waals surface area contributed by atoms with E-state index in [1.807, 2.05) is 24.3 Å². The molecule has 0 aliphatic heterocycles. The molecule has 0 saturated heterocycles. The number of hydrogen-bond donors (Lipinski definition) is 3. The van der Waals surface area contributed by atoms with Gasteiger partial charge in [-0.2, -0.15) is 0 Å². The van der Waals surface area contributed by atoms with E-state index < -0.39 is 0 Å². The number of amides is 2. The number of rotatable bonds is 11. The lowest BCUT2D eigenvalue weighted by Crippen LogP contribution is -2.32. The van der Waals surface area contributed by atoms with Gasteiger partial charge in [0.2, 0.25) is 11.8 Å². The summed E-state index contributed by atoms with van der Waals surface area (Å²) < 4.78 is 10.4. The average molecular weight is 385 g/mol. The number of anilines is 1. The van der Waals surface area contributed by atoms with Gasteiger partial charge in [-0.3, -0.25) is 9.59 Å². The fourth-order valence-electron chi connectivity index (χ4n) is 2.40. The normalized spacial score (nSPS) is 10.5. The second-order valence-electron chi connectivity index (χ2n) is 6.24. The van der Waals surface area contributed by atoms with Gasteiger partial charge in [-0.25, -0.2) is 0 Å². The van der Waals surface area contributed by atoms with Gasteiger partial charge in [0.05, 0.1) is 13.2 Å². The van der Waals surface area contributed by atoms with Gasteiger partial charge in [-0.15, -0.1) is 0 Å². The maximum atomic E-state index is 11.9. The van der Waals surface area contributed by atoms with E-state index in [1.165, 1.54) is 5.56 Å². The van der Waals surface area contributed by atoms with Crippen LogP contribution in [0.5, 0.6) is 0 Å². The molecule has 2 aromatic rings. The Bertz CT molecular complexity index is 745. The summed E-state index contributed by atoms with van der Waals surface area (Å²) in [5.41, 5.74) is 9.41. The van der Waals surface area contributed by atoms with Gasteiger partial charge in [0.25, 0.3) is 0 Å². The first-order valence-corrected chi connectivity index (χ1v) is 9.17. The topological polar surface area (TPSA) is 103 Å². The van der Waals surface area contributed by atoms with Gasteiger partial charge in [-0.1, -0.05) is 42.0 Å². The summed E-state index contributed by atoms with van der Waals surface area (Å²) in [5, 5.41) is 5.37. The minimum Gasteiger partial charge on any atom is -0.369 e. The van der Waals surface area contributed by atoms with Crippen molar-refractivity contribution in [3.63, 3.8) is 0 Å². The van der Waals surface area contributed by atoms with Gasteiger partial charge < -0.3 is 25.8 Å². The lowest BCUT2D eigenvalue weighted by molar-refractivity contribution is -0.127. The third-order valence-corrected chi connectivity index (χ3v) is 3.86. The molecule has 0 unspecified atom stereocenters. The van der Waals surface area contributed by atoms with E-state index in [9.17, 15) is 9.59 Å². The first kappa shape index (κ1) is 21.6. The SMILES string of the molecule is Cc1ccc(-c2ccc(NC(=O)COCCOCC(=O)NCCN)cc2)cc1. The highest BCUT2D eigenvalue weighted by Gasteiger charge is 2.04. The lowest BCUT2D eigenvalue weighted by atomic mass is 10.0. The maximum absolute atomic E-state index is 11.9. The highest BCUT2D eigenvalue weighted by molar-refractivity contribution is 5.92. The molecule has 0 aliphatic rings. The molecule has 7 heteroatoms. The number of carbonyl (C=O) groups is 2. The summed E-state index contributed by atoms with van der Waals surface area (Å²) in [5.74, 6) is -0.471. The smallest absolute Gasteiger partial charge is 0.250 e. The standard InChI is InChI=1S/C21H27N3O4/c1-16-2-4-17(5-3-16)18-6-8-19(9-7-18)24-21(26)15-28-13-12-27-14-20(25)23-11-10-22/h2-9H,10-15,22H2,1H3,(H,23,25)(H,24,26). The Balaban J connectivity index is 1.63. The molecule has 28 heavy (non-hydrogen) atoms. The molecule has 0 fully saturated rings. The Hall–Kier alpha value is -2.74. The van der Waals surface area contributed by atoms with E-state index in [1.54, 1.807) is 0 Å². The van der Waals surface area contributed by atoms with Crippen LogP contribution in [0, 0.1) is 6.92 Å². The van der Waals surface area contributed by atoms with Gasteiger partial charge in [-0.05, 0) is 30.2 Å². The molecular formula is C21H27N3O4. The van der Waals surface area contributed by atoms with Gasteiger partial charge in [0.1, 0.15) is 13.2 Å². The molecule has 150 valence electrons. The molecular weight excluding hydrogens is 358 g/mol. The molecule has 0 heterocycles. The molecule has 7 nitrogen and oxygen atoms in total. The van der Waals surface area contributed by atoms with E-state index in [-0.39, 0.29) is 38.2 Å². The molecule has 2 aromatic carbocycles. The third kappa shape index (κ3) is 7.87. The van der Waals surface area contributed by atoms with Crippen molar-refractivity contribution in [1.82, 2.24) is 5.32 Å². The number of nitrogens with two attached hydrogens (primary N) is 1. The molecule has 0 bridgehead atoms. The molecule has 0 atom stereocenters. The molecule has 0 aliphatic carbocycles. The third-order valence-electron chi connectivity index (χ3n) is 3.86. The van der Waals surface area contributed by atoms with Crippen molar-refractivity contribution in [2.45, 2.75) is 6.92 Å². The average Bonchev–Trinajstić information content (AvgIpc) is 2.70. The first-order valence-electron chi connectivity index (χ1n) is 9.17. The van der Waals surface area contributed by atoms with Crippen LogP contribution in [-0.4, -0.2) is 51.3 Å². The van der Waals surface area contributed by atoms with E-state index in [0.29, 0.717) is 18.8 Å².